The van der Waals surface area contributed by atoms with E-state index in [-0.39, 0.29) is 5.78 Å². The minimum atomic E-state index is -0.697. The molecule has 0 saturated carbocycles. The molecule has 0 heterocycles. The van der Waals surface area contributed by atoms with E-state index in [0.29, 0.717) is 12.8 Å². The first-order chi connectivity index (χ1) is 11.2. The van der Waals surface area contributed by atoms with Gasteiger partial charge in [0.05, 0.1) is 0 Å². The second-order valence-electron chi connectivity index (χ2n) is 6.44. The van der Waals surface area contributed by atoms with Crippen LogP contribution < -0.4 is 0 Å². The second-order valence-corrected chi connectivity index (χ2v) is 6.44. The summed E-state index contributed by atoms with van der Waals surface area (Å²) in [6.45, 7) is 2.22. The fourth-order valence-electron chi connectivity index (χ4n) is 2.62. The van der Waals surface area contributed by atoms with Crippen LogP contribution in [0.3, 0.4) is 0 Å². The monoisotopic (exact) mass is 324 g/mol. The topological polar surface area (TPSA) is 54.4 Å². The first-order valence-corrected chi connectivity index (χ1v) is 9.58. The lowest BCUT2D eigenvalue weighted by molar-refractivity contribution is -0.137. The van der Waals surface area contributed by atoms with Crippen molar-refractivity contribution in [2.45, 2.75) is 103 Å². The van der Waals surface area contributed by atoms with Gasteiger partial charge in [-0.1, -0.05) is 70.8 Å². The molecule has 23 heavy (non-hydrogen) atoms. The summed E-state index contributed by atoms with van der Waals surface area (Å²) in [6.07, 6.45) is 19.5. The van der Waals surface area contributed by atoms with Crippen molar-refractivity contribution in [1.29, 1.82) is 0 Å². The highest BCUT2D eigenvalue weighted by Gasteiger charge is 1.98. The van der Waals surface area contributed by atoms with Crippen molar-refractivity contribution in [2.75, 3.05) is 0 Å². The van der Waals surface area contributed by atoms with Gasteiger partial charge in [0.25, 0.3) is 0 Å². The van der Waals surface area contributed by atoms with E-state index in [1.165, 1.54) is 32.1 Å². The average Bonchev–Trinajstić information content (AvgIpc) is 2.52. The van der Waals surface area contributed by atoms with Crippen molar-refractivity contribution < 1.29 is 14.7 Å². The molecule has 0 aromatic rings. The molecule has 3 nitrogen and oxygen atoms in total. The fourth-order valence-corrected chi connectivity index (χ4v) is 2.62. The molecule has 0 aliphatic carbocycles. The minimum absolute atomic E-state index is 0.264. The third kappa shape index (κ3) is 18.8. The Bertz CT molecular complexity index is 321. The zero-order valence-electron chi connectivity index (χ0n) is 15.0. The van der Waals surface area contributed by atoms with Gasteiger partial charge in [0.1, 0.15) is 0 Å². The summed E-state index contributed by atoms with van der Waals surface area (Å²) in [5, 5.41) is 8.53. The average molecular weight is 325 g/mol. The summed E-state index contributed by atoms with van der Waals surface area (Å²) < 4.78 is 0. The maximum absolute atomic E-state index is 11.7. The Hall–Kier alpha value is -1.12. The fraction of sp³-hybridized carbons (Fsp3) is 0.800. The number of rotatable bonds is 17. The first kappa shape index (κ1) is 21.9. The molecule has 0 spiro atoms. The van der Waals surface area contributed by atoms with Crippen LogP contribution in [0.4, 0.5) is 0 Å². The Morgan fingerprint density at radius 1 is 0.739 bits per heavy atom. The summed E-state index contributed by atoms with van der Waals surface area (Å²) in [5.41, 5.74) is 0. The molecule has 0 rings (SSSR count). The van der Waals surface area contributed by atoms with Crippen LogP contribution >= 0.6 is 0 Å². The zero-order chi connectivity index (χ0) is 17.2. The molecule has 3 heteroatoms. The minimum Gasteiger partial charge on any atom is -0.481 e. The van der Waals surface area contributed by atoms with Crippen molar-refractivity contribution in [3.63, 3.8) is 0 Å². The Balaban J connectivity index is 3.28. The van der Waals surface area contributed by atoms with Crippen molar-refractivity contribution in [3.05, 3.63) is 12.2 Å². The van der Waals surface area contributed by atoms with Gasteiger partial charge in [-0.2, -0.15) is 0 Å². The quantitative estimate of drug-likeness (QED) is 0.261. The molecular formula is C20H36O3. The molecular weight excluding hydrogens is 288 g/mol. The molecule has 0 saturated heterocycles. The predicted molar refractivity (Wildman–Crippen MR) is 96.7 cm³/mol. The Morgan fingerprint density at radius 2 is 1.26 bits per heavy atom. The van der Waals surface area contributed by atoms with Crippen LogP contribution in [0, 0.1) is 0 Å². The highest BCUT2D eigenvalue weighted by Crippen LogP contribution is 2.10. The van der Waals surface area contributed by atoms with Crippen molar-refractivity contribution in [3.8, 4) is 0 Å². The number of carboxylic acids is 1. The first-order valence-electron chi connectivity index (χ1n) is 9.58. The van der Waals surface area contributed by atoms with Gasteiger partial charge in [0, 0.05) is 12.8 Å². The SMILES string of the molecule is CCCCCCCC=CC(=O)CCCCCCCCCC(=O)O. The van der Waals surface area contributed by atoms with Crippen LogP contribution in [-0.2, 0) is 9.59 Å². The Morgan fingerprint density at radius 3 is 1.87 bits per heavy atom. The van der Waals surface area contributed by atoms with Crippen molar-refractivity contribution >= 4 is 11.8 Å². The lowest BCUT2D eigenvalue weighted by atomic mass is 10.1. The lowest BCUT2D eigenvalue weighted by Crippen LogP contribution is -1.94. The summed E-state index contributed by atoms with van der Waals surface area (Å²) in [5.74, 6) is -0.433. The van der Waals surface area contributed by atoms with Gasteiger partial charge in [0.2, 0.25) is 0 Å². The molecule has 0 aromatic carbocycles. The molecule has 0 aliphatic rings. The summed E-state index contributed by atoms with van der Waals surface area (Å²) in [6, 6.07) is 0. The number of aliphatic carboxylic acids is 1. The molecule has 0 aromatic heterocycles. The molecule has 0 amide bonds. The summed E-state index contributed by atoms with van der Waals surface area (Å²) >= 11 is 0. The third-order valence-electron chi connectivity index (χ3n) is 4.09. The van der Waals surface area contributed by atoms with Crippen LogP contribution in [0.25, 0.3) is 0 Å². The number of carbonyl (C=O) groups excluding carboxylic acids is 1. The van der Waals surface area contributed by atoms with Gasteiger partial charge < -0.3 is 5.11 Å². The summed E-state index contributed by atoms with van der Waals surface area (Å²) in [4.78, 5) is 22.0. The largest absolute Gasteiger partial charge is 0.481 e. The van der Waals surface area contributed by atoms with E-state index in [0.717, 1.165) is 51.4 Å². The molecule has 0 fully saturated rings. The normalized spacial score (nSPS) is 11.2. The van der Waals surface area contributed by atoms with E-state index in [9.17, 15) is 9.59 Å². The Labute approximate surface area is 142 Å². The van der Waals surface area contributed by atoms with Crippen molar-refractivity contribution in [1.82, 2.24) is 0 Å². The van der Waals surface area contributed by atoms with Crippen LogP contribution in [0.5, 0.6) is 0 Å². The van der Waals surface area contributed by atoms with Gasteiger partial charge in [-0.25, -0.2) is 0 Å². The number of hydrogen-bond acceptors (Lipinski definition) is 2. The number of hydrogen-bond donors (Lipinski definition) is 1. The predicted octanol–water partition coefficient (Wildman–Crippen LogP) is 6.07. The smallest absolute Gasteiger partial charge is 0.303 e. The van der Waals surface area contributed by atoms with Crippen LogP contribution in [0.15, 0.2) is 12.2 Å². The highest BCUT2D eigenvalue weighted by atomic mass is 16.4. The van der Waals surface area contributed by atoms with E-state index in [4.69, 9.17) is 5.11 Å². The van der Waals surface area contributed by atoms with Gasteiger partial charge >= 0.3 is 5.97 Å². The number of ketones is 1. The van der Waals surface area contributed by atoms with E-state index in [1.54, 1.807) is 6.08 Å². The van der Waals surface area contributed by atoms with Crippen LogP contribution in [0.2, 0.25) is 0 Å². The van der Waals surface area contributed by atoms with E-state index >= 15 is 0 Å². The maximum atomic E-state index is 11.7. The molecule has 0 atom stereocenters. The highest BCUT2D eigenvalue weighted by molar-refractivity contribution is 5.89. The number of carboxylic acid groups (broad SMARTS) is 1. The number of carbonyl (C=O) groups is 2. The van der Waals surface area contributed by atoms with Gasteiger partial charge in [-0.3, -0.25) is 9.59 Å². The van der Waals surface area contributed by atoms with Gasteiger partial charge in [-0.05, 0) is 31.8 Å². The van der Waals surface area contributed by atoms with E-state index < -0.39 is 5.97 Å². The molecule has 0 radical (unpaired) electrons. The third-order valence-corrected chi connectivity index (χ3v) is 4.09. The Kier molecular flexibility index (Phi) is 16.4. The van der Waals surface area contributed by atoms with Gasteiger partial charge in [-0.15, -0.1) is 0 Å². The molecule has 134 valence electrons. The van der Waals surface area contributed by atoms with Crippen LogP contribution in [-0.4, -0.2) is 16.9 Å². The molecule has 1 N–H and O–H groups in total. The summed E-state index contributed by atoms with van der Waals surface area (Å²) in [7, 11) is 0. The maximum Gasteiger partial charge on any atom is 0.303 e. The molecule has 0 bridgehead atoms. The van der Waals surface area contributed by atoms with E-state index in [1.807, 2.05) is 6.08 Å². The number of allylic oxidation sites excluding steroid dienone is 2. The lowest BCUT2D eigenvalue weighted by Gasteiger charge is -2.00. The van der Waals surface area contributed by atoms with Crippen LogP contribution in [0.1, 0.15) is 103 Å². The second kappa shape index (κ2) is 17.2. The van der Waals surface area contributed by atoms with E-state index in [2.05, 4.69) is 6.92 Å². The number of unbranched alkanes of at least 4 members (excludes halogenated alkanes) is 11. The van der Waals surface area contributed by atoms with Crippen molar-refractivity contribution in [2.24, 2.45) is 0 Å². The molecule has 0 unspecified atom stereocenters. The standard InChI is InChI=1S/C20H36O3/c1-2-3-4-5-7-10-13-16-19(21)17-14-11-8-6-9-12-15-18-20(22)23/h13,16H,2-12,14-15,17-18H2,1H3,(H,22,23). The zero-order valence-corrected chi connectivity index (χ0v) is 15.0. The van der Waals surface area contributed by atoms with Gasteiger partial charge in [0.15, 0.2) is 5.78 Å². The molecule has 0 aliphatic heterocycles.